The maximum Gasteiger partial charge on any atom is 0.412 e. The Morgan fingerprint density at radius 2 is 1.75 bits per heavy atom. The van der Waals surface area contributed by atoms with E-state index in [1.807, 2.05) is 75.4 Å². The molecule has 4 nitrogen and oxygen atoms in total. The summed E-state index contributed by atoms with van der Waals surface area (Å²) in [5.41, 5.74) is 1.83. The Hall–Kier alpha value is -2.88. The first kappa shape index (κ1) is 16.0. The summed E-state index contributed by atoms with van der Waals surface area (Å²) < 4.78 is 5.37. The van der Waals surface area contributed by atoms with Crippen LogP contribution in [0.2, 0.25) is 0 Å². The molecular formula is C20H20N2O2. The lowest BCUT2D eigenvalue weighted by atomic mass is 9.99. The summed E-state index contributed by atoms with van der Waals surface area (Å²) in [5.74, 6) is 0. The van der Waals surface area contributed by atoms with Crippen LogP contribution >= 0.6 is 0 Å². The van der Waals surface area contributed by atoms with E-state index >= 15 is 0 Å². The van der Waals surface area contributed by atoms with Gasteiger partial charge in [0, 0.05) is 11.8 Å². The van der Waals surface area contributed by atoms with E-state index in [4.69, 9.17) is 4.74 Å². The quantitative estimate of drug-likeness (QED) is 0.701. The molecule has 2 aromatic carbocycles. The molecule has 1 heterocycles. The van der Waals surface area contributed by atoms with Crippen LogP contribution in [0.1, 0.15) is 20.8 Å². The Kier molecular flexibility index (Phi) is 4.21. The largest absolute Gasteiger partial charge is 0.444 e. The molecule has 0 radical (unpaired) electrons. The van der Waals surface area contributed by atoms with Crippen LogP contribution < -0.4 is 5.32 Å². The fourth-order valence-electron chi connectivity index (χ4n) is 2.58. The second kappa shape index (κ2) is 6.32. The topological polar surface area (TPSA) is 51.2 Å². The highest BCUT2D eigenvalue weighted by atomic mass is 16.6. The minimum absolute atomic E-state index is 0.477. The molecule has 0 bridgehead atoms. The van der Waals surface area contributed by atoms with E-state index in [0.29, 0.717) is 5.69 Å². The number of carbonyl (C=O) groups excluding carboxylic acids is 1. The molecule has 0 saturated carbocycles. The molecule has 0 fully saturated rings. The number of nitrogens with one attached hydrogen (secondary N) is 1. The first-order valence-corrected chi connectivity index (χ1v) is 7.87. The Morgan fingerprint density at radius 3 is 2.46 bits per heavy atom. The molecule has 0 unspecified atom stereocenters. The van der Waals surface area contributed by atoms with Crippen LogP contribution in [0.25, 0.3) is 22.0 Å². The van der Waals surface area contributed by atoms with Crippen LogP contribution in [0.3, 0.4) is 0 Å². The maximum absolute atomic E-state index is 12.2. The van der Waals surface area contributed by atoms with E-state index in [9.17, 15) is 4.79 Å². The molecule has 122 valence electrons. The van der Waals surface area contributed by atoms with Gasteiger partial charge >= 0.3 is 6.09 Å². The van der Waals surface area contributed by atoms with Crippen molar-refractivity contribution in [2.45, 2.75) is 26.4 Å². The van der Waals surface area contributed by atoms with Crippen molar-refractivity contribution < 1.29 is 9.53 Å². The number of fused-ring (bicyclic) bond motifs is 1. The normalized spacial score (nSPS) is 11.3. The monoisotopic (exact) mass is 320 g/mol. The lowest BCUT2D eigenvalue weighted by Crippen LogP contribution is -2.27. The second-order valence-electron chi connectivity index (χ2n) is 6.55. The Labute approximate surface area is 141 Å². The number of carbonyl (C=O) groups is 1. The van der Waals surface area contributed by atoms with Crippen molar-refractivity contribution in [2.24, 2.45) is 0 Å². The third kappa shape index (κ3) is 3.54. The van der Waals surface area contributed by atoms with Crippen LogP contribution in [-0.2, 0) is 4.74 Å². The third-order valence-electron chi connectivity index (χ3n) is 3.49. The van der Waals surface area contributed by atoms with E-state index in [-0.39, 0.29) is 0 Å². The first-order chi connectivity index (χ1) is 11.4. The first-order valence-electron chi connectivity index (χ1n) is 7.87. The maximum atomic E-state index is 12.2. The Morgan fingerprint density at radius 1 is 1.00 bits per heavy atom. The van der Waals surface area contributed by atoms with Gasteiger partial charge in [0.15, 0.2) is 0 Å². The van der Waals surface area contributed by atoms with Crippen molar-refractivity contribution in [3.05, 3.63) is 60.8 Å². The van der Waals surface area contributed by atoms with Gasteiger partial charge in [-0.15, -0.1) is 0 Å². The van der Waals surface area contributed by atoms with Crippen LogP contribution in [0.4, 0.5) is 10.5 Å². The molecule has 1 N–H and O–H groups in total. The highest BCUT2D eigenvalue weighted by molar-refractivity contribution is 6.05. The minimum atomic E-state index is -0.550. The van der Waals surface area contributed by atoms with Crippen molar-refractivity contribution >= 4 is 22.6 Å². The lowest BCUT2D eigenvalue weighted by molar-refractivity contribution is 0.0636. The molecule has 0 atom stereocenters. The smallest absolute Gasteiger partial charge is 0.412 e. The molecule has 3 aromatic rings. The summed E-state index contributed by atoms with van der Waals surface area (Å²) in [6.07, 6.45) is 1.27. The number of anilines is 1. The Bertz CT molecular complexity index is 868. The van der Waals surface area contributed by atoms with E-state index in [2.05, 4.69) is 10.3 Å². The molecule has 0 aliphatic carbocycles. The predicted molar refractivity (Wildman–Crippen MR) is 97.0 cm³/mol. The van der Waals surface area contributed by atoms with Crippen molar-refractivity contribution in [2.75, 3.05) is 5.32 Å². The van der Waals surface area contributed by atoms with Crippen molar-refractivity contribution in [1.82, 2.24) is 4.98 Å². The SMILES string of the molecule is CC(C)(C)OC(=O)Nc1ccc2ccccc2c1-c1ccccn1. The van der Waals surface area contributed by atoms with Gasteiger partial charge in [-0.3, -0.25) is 10.3 Å². The summed E-state index contributed by atoms with van der Waals surface area (Å²) in [7, 11) is 0. The van der Waals surface area contributed by atoms with Gasteiger partial charge in [-0.25, -0.2) is 4.79 Å². The van der Waals surface area contributed by atoms with Gasteiger partial charge in [0.25, 0.3) is 0 Å². The van der Waals surface area contributed by atoms with Crippen LogP contribution in [-0.4, -0.2) is 16.7 Å². The summed E-state index contributed by atoms with van der Waals surface area (Å²) in [6.45, 7) is 5.52. The number of benzene rings is 2. The third-order valence-corrected chi connectivity index (χ3v) is 3.49. The zero-order valence-corrected chi connectivity index (χ0v) is 14.0. The molecule has 0 aliphatic rings. The number of rotatable bonds is 2. The molecule has 0 saturated heterocycles. The van der Waals surface area contributed by atoms with Crippen molar-refractivity contribution in [3.63, 3.8) is 0 Å². The van der Waals surface area contributed by atoms with E-state index in [0.717, 1.165) is 22.0 Å². The molecule has 0 aliphatic heterocycles. The number of pyridine rings is 1. The molecule has 24 heavy (non-hydrogen) atoms. The Balaban J connectivity index is 2.09. The van der Waals surface area contributed by atoms with Gasteiger partial charge in [-0.05, 0) is 49.7 Å². The van der Waals surface area contributed by atoms with E-state index < -0.39 is 11.7 Å². The standard InChI is InChI=1S/C20H20N2O2/c1-20(2,3)24-19(23)22-17-12-11-14-8-4-5-9-15(14)18(17)16-10-6-7-13-21-16/h4-13H,1-3H3,(H,22,23). The highest BCUT2D eigenvalue weighted by Crippen LogP contribution is 2.34. The molecule has 1 amide bonds. The highest BCUT2D eigenvalue weighted by Gasteiger charge is 2.18. The molecule has 0 spiro atoms. The predicted octanol–water partition coefficient (Wildman–Crippen LogP) is 5.25. The number of hydrogen-bond acceptors (Lipinski definition) is 3. The molecule has 4 heteroatoms. The molecule has 1 aromatic heterocycles. The zero-order valence-electron chi connectivity index (χ0n) is 14.0. The molecular weight excluding hydrogens is 300 g/mol. The van der Waals surface area contributed by atoms with Crippen molar-refractivity contribution in [3.8, 4) is 11.3 Å². The van der Waals surface area contributed by atoms with Gasteiger partial charge in [0.2, 0.25) is 0 Å². The summed E-state index contributed by atoms with van der Waals surface area (Å²) in [5, 5.41) is 4.98. The minimum Gasteiger partial charge on any atom is -0.444 e. The number of hydrogen-bond donors (Lipinski definition) is 1. The van der Waals surface area contributed by atoms with Crippen LogP contribution in [0.15, 0.2) is 60.8 Å². The summed E-state index contributed by atoms with van der Waals surface area (Å²) >= 11 is 0. The van der Waals surface area contributed by atoms with E-state index in [1.165, 1.54) is 0 Å². The van der Waals surface area contributed by atoms with Gasteiger partial charge < -0.3 is 4.74 Å². The average Bonchev–Trinajstić information content (AvgIpc) is 2.53. The summed E-state index contributed by atoms with van der Waals surface area (Å²) in [6, 6.07) is 17.6. The number of amides is 1. The van der Waals surface area contributed by atoms with Crippen LogP contribution in [0, 0.1) is 0 Å². The average molecular weight is 320 g/mol. The fraction of sp³-hybridized carbons (Fsp3) is 0.200. The number of ether oxygens (including phenoxy) is 1. The molecule has 3 rings (SSSR count). The number of nitrogens with zero attached hydrogens (tertiary/aromatic N) is 1. The lowest BCUT2D eigenvalue weighted by Gasteiger charge is -2.21. The van der Waals surface area contributed by atoms with Gasteiger partial charge in [-0.2, -0.15) is 0 Å². The van der Waals surface area contributed by atoms with Gasteiger partial charge in [-0.1, -0.05) is 36.4 Å². The van der Waals surface area contributed by atoms with Crippen LogP contribution in [0.5, 0.6) is 0 Å². The fourth-order valence-corrected chi connectivity index (χ4v) is 2.58. The second-order valence-corrected chi connectivity index (χ2v) is 6.55. The number of aromatic nitrogens is 1. The van der Waals surface area contributed by atoms with Gasteiger partial charge in [0.1, 0.15) is 5.60 Å². The zero-order chi connectivity index (χ0) is 17.2. The van der Waals surface area contributed by atoms with E-state index in [1.54, 1.807) is 6.20 Å². The van der Waals surface area contributed by atoms with Crippen molar-refractivity contribution in [1.29, 1.82) is 0 Å². The summed E-state index contributed by atoms with van der Waals surface area (Å²) in [4.78, 5) is 16.6. The van der Waals surface area contributed by atoms with Gasteiger partial charge in [0.05, 0.1) is 11.4 Å².